The first-order valence-electron chi connectivity index (χ1n) is 6.73. The number of H-pyrrole nitrogens is 1. The van der Waals surface area contributed by atoms with Gasteiger partial charge in [-0.15, -0.1) is 10.2 Å². The molecule has 0 aliphatic heterocycles. The number of rotatable bonds is 3. The maximum absolute atomic E-state index is 12.2. The van der Waals surface area contributed by atoms with E-state index in [2.05, 4.69) is 25.5 Å². The highest BCUT2D eigenvalue weighted by Crippen LogP contribution is 2.23. The summed E-state index contributed by atoms with van der Waals surface area (Å²) >= 11 is 0. The van der Waals surface area contributed by atoms with Crippen LogP contribution < -0.4 is 5.32 Å². The summed E-state index contributed by atoms with van der Waals surface area (Å²) in [5.74, 6) is 1.86. The number of nitrogens with one attached hydrogen (secondary N) is 2. The third kappa shape index (κ3) is 2.56. The molecular weight excluding hydrogens is 258 g/mol. The average molecular weight is 275 g/mol. The molecule has 1 aliphatic carbocycles. The van der Waals surface area contributed by atoms with Crippen LogP contribution in [-0.2, 0) is 24.2 Å². The molecule has 1 amide bonds. The molecule has 2 aromatic rings. The van der Waals surface area contributed by atoms with E-state index in [0.717, 1.165) is 30.1 Å². The van der Waals surface area contributed by atoms with Crippen LogP contribution in [0.5, 0.6) is 0 Å². The zero-order chi connectivity index (χ0) is 14.1. The van der Waals surface area contributed by atoms with Gasteiger partial charge in [0.15, 0.2) is 0 Å². The second-order valence-corrected chi connectivity index (χ2v) is 5.12. The van der Waals surface area contributed by atoms with E-state index in [1.54, 1.807) is 6.92 Å². The molecule has 0 bridgehead atoms. The van der Waals surface area contributed by atoms with Gasteiger partial charge in [0.25, 0.3) is 0 Å². The Labute approximate surface area is 116 Å². The summed E-state index contributed by atoms with van der Waals surface area (Å²) in [6.07, 6.45) is 2.38. The van der Waals surface area contributed by atoms with Gasteiger partial charge in [-0.2, -0.15) is 0 Å². The molecular formula is C13H17N5O2. The maximum Gasteiger partial charge on any atom is 0.235 e. The smallest absolute Gasteiger partial charge is 0.235 e. The monoisotopic (exact) mass is 275 g/mol. The normalized spacial score (nSPS) is 17.8. The second-order valence-electron chi connectivity index (χ2n) is 5.12. The third-order valence-electron chi connectivity index (χ3n) is 3.52. The standard InChI is InChI=1S/C13H17N5O2/c1-7-15-10-4-3-9(5-11(10)16-7)13(19)14-6-12-18-17-8(2)20-12/h9H,3-6H2,1-2H3,(H,14,19)(H,15,16). The van der Waals surface area contributed by atoms with Crippen LogP contribution >= 0.6 is 0 Å². The van der Waals surface area contributed by atoms with Crippen molar-refractivity contribution >= 4 is 5.91 Å². The maximum atomic E-state index is 12.2. The molecule has 2 N–H and O–H groups in total. The SMILES string of the molecule is Cc1nc2c([nH]1)CC(C(=O)NCc1nnc(C)o1)CC2. The van der Waals surface area contributed by atoms with E-state index < -0.39 is 0 Å². The minimum absolute atomic E-state index is 0.0219. The van der Waals surface area contributed by atoms with E-state index in [4.69, 9.17) is 4.42 Å². The number of carbonyl (C=O) groups is 1. The van der Waals surface area contributed by atoms with Crippen LogP contribution in [0.3, 0.4) is 0 Å². The zero-order valence-corrected chi connectivity index (χ0v) is 11.6. The quantitative estimate of drug-likeness (QED) is 0.864. The lowest BCUT2D eigenvalue weighted by atomic mass is 9.89. The van der Waals surface area contributed by atoms with E-state index in [1.165, 1.54) is 0 Å². The first-order valence-corrected chi connectivity index (χ1v) is 6.73. The fourth-order valence-corrected chi connectivity index (χ4v) is 2.56. The molecule has 0 radical (unpaired) electrons. The lowest BCUT2D eigenvalue weighted by molar-refractivity contribution is -0.125. The lowest BCUT2D eigenvalue weighted by Gasteiger charge is -2.20. The number of amides is 1. The van der Waals surface area contributed by atoms with Gasteiger partial charge < -0.3 is 14.7 Å². The number of aromatic nitrogens is 4. The Kier molecular flexibility index (Phi) is 3.25. The summed E-state index contributed by atoms with van der Waals surface area (Å²) in [4.78, 5) is 19.8. The van der Waals surface area contributed by atoms with Gasteiger partial charge in [-0.05, 0) is 19.8 Å². The fraction of sp³-hybridized carbons (Fsp3) is 0.538. The van der Waals surface area contributed by atoms with Crippen molar-refractivity contribution in [2.45, 2.75) is 39.7 Å². The number of aryl methyl sites for hydroxylation is 3. The molecule has 0 spiro atoms. The van der Waals surface area contributed by atoms with Gasteiger partial charge in [-0.1, -0.05) is 0 Å². The summed E-state index contributed by atoms with van der Waals surface area (Å²) in [6, 6.07) is 0. The molecule has 1 unspecified atom stereocenters. The predicted octanol–water partition coefficient (Wildman–Crippen LogP) is 0.831. The highest BCUT2D eigenvalue weighted by molar-refractivity contribution is 5.79. The van der Waals surface area contributed by atoms with Crippen LogP contribution in [0.25, 0.3) is 0 Å². The number of imidazole rings is 1. The minimum Gasteiger partial charge on any atom is -0.424 e. The number of hydrogen-bond donors (Lipinski definition) is 2. The summed E-state index contributed by atoms with van der Waals surface area (Å²) in [5.41, 5.74) is 2.18. The molecule has 0 fully saturated rings. The van der Waals surface area contributed by atoms with Crippen LogP contribution in [0, 0.1) is 19.8 Å². The topological polar surface area (TPSA) is 96.7 Å². The number of hydrogen-bond acceptors (Lipinski definition) is 5. The summed E-state index contributed by atoms with van der Waals surface area (Å²) in [7, 11) is 0. The van der Waals surface area contributed by atoms with Crippen LogP contribution in [0.4, 0.5) is 0 Å². The highest BCUT2D eigenvalue weighted by Gasteiger charge is 2.26. The first-order chi connectivity index (χ1) is 9.61. The molecule has 0 saturated heterocycles. The molecule has 0 saturated carbocycles. The van der Waals surface area contributed by atoms with Crippen molar-refractivity contribution in [3.8, 4) is 0 Å². The second kappa shape index (κ2) is 5.07. The van der Waals surface area contributed by atoms with E-state index in [9.17, 15) is 4.79 Å². The largest absolute Gasteiger partial charge is 0.424 e. The molecule has 2 heterocycles. The molecule has 3 rings (SSSR count). The Bertz CT molecular complexity index is 630. The van der Waals surface area contributed by atoms with Crippen molar-refractivity contribution in [1.82, 2.24) is 25.5 Å². The summed E-state index contributed by atoms with van der Waals surface area (Å²) < 4.78 is 5.23. The molecule has 7 heteroatoms. The van der Waals surface area contributed by atoms with Crippen molar-refractivity contribution in [2.24, 2.45) is 5.92 Å². The first kappa shape index (κ1) is 12.8. The van der Waals surface area contributed by atoms with E-state index >= 15 is 0 Å². The van der Waals surface area contributed by atoms with Crippen molar-refractivity contribution < 1.29 is 9.21 Å². The molecule has 1 aliphatic rings. The Morgan fingerprint density at radius 1 is 1.45 bits per heavy atom. The average Bonchev–Trinajstić information content (AvgIpc) is 2.99. The molecule has 20 heavy (non-hydrogen) atoms. The van der Waals surface area contributed by atoms with Gasteiger partial charge in [0.2, 0.25) is 17.7 Å². The van der Waals surface area contributed by atoms with Gasteiger partial charge in [-0.25, -0.2) is 4.98 Å². The van der Waals surface area contributed by atoms with E-state index in [0.29, 0.717) is 18.2 Å². The minimum atomic E-state index is -0.0219. The van der Waals surface area contributed by atoms with Gasteiger partial charge in [0.05, 0.1) is 12.2 Å². The van der Waals surface area contributed by atoms with E-state index in [-0.39, 0.29) is 18.4 Å². The van der Waals surface area contributed by atoms with Gasteiger partial charge >= 0.3 is 0 Å². The zero-order valence-electron chi connectivity index (χ0n) is 11.6. The van der Waals surface area contributed by atoms with Crippen LogP contribution in [0.2, 0.25) is 0 Å². The third-order valence-corrected chi connectivity index (χ3v) is 3.52. The van der Waals surface area contributed by atoms with Crippen molar-refractivity contribution in [3.63, 3.8) is 0 Å². The van der Waals surface area contributed by atoms with Crippen LogP contribution in [0.1, 0.15) is 35.4 Å². The van der Waals surface area contributed by atoms with Crippen molar-refractivity contribution in [3.05, 3.63) is 29.0 Å². The number of nitrogens with zero attached hydrogens (tertiary/aromatic N) is 3. The molecule has 7 nitrogen and oxygen atoms in total. The molecule has 1 atom stereocenters. The van der Waals surface area contributed by atoms with Gasteiger partial charge in [0.1, 0.15) is 5.82 Å². The van der Waals surface area contributed by atoms with Crippen molar-refractivity contribution in [1.29, 1.82) is 0 Å². The summed E-state index contributed by atoms with van der Waals surface area (Å²) in [5, 5.41) is 10.4. The molecule has 2 aromatic heterocycles. The Morgan fingerprint density at radius 3 is 3.05 bits per heavy atom. The number of aromatic amines is 1. The molecule has 106 valence electrons. The van der Waals surface area contributed by atoms with Gasteiger partial charge in [-0.3, -0.25) is 4.79 Å². The van der Waals surface area contributed by atoms with Crippen molar-refractivity contribution in [2.75, 3.05) is 0 Å². The summed E-state index contributed by atoms with van der Waals surface area (Å²) in [6.45, 7) is 3.94. The fourth-order valence-electron chi connectivity index (χ4n) is 2.56. The highest BCUT2D eigenvalue weighted by atomic mass is 16.4. The van der Waals surface area contributed by atoms with Gasteiger partial charge in [0, 0.05) is 25.0 Å². The number of carbonyl (C=O) groups excluding carboxylic acids is 1. The Hall–Kier alpha value is -2.18. The predicted molar refractivity (Wildman–Crippen MR) is 69.7 cm³/mol. The van der Waals surface area contributed by atoms with E-state index in [1.807, 2.05) is 6.92 Å². The number of fused-ring (bicyclic) bond motifs is 1. The Balaban J connectivity index is 1.58. The van der Waals surface area contributed by atoms with Crippen LogP contribution in [0.15, 0.2) is 4.42 Å². The Morgan fingerprint density at radius 2 is 2.30 bits per heavy atom. The lowest BCUT2D eigenvalue weighted by Crippen LogP contribution is -2.33. The van der Waals surface area contributed by atoms with Crippen LogP contribution in [-0.4, -0.2) is 26.1 Å². The molecule has 0 aromatic carbocycles.